The predicted octanol–water partition coefficient (Wildman–Crippen LogP) is 5.29. The molecule has 21 heavy (non-hydrogen) atoms. The van der Waals surface area contributed by atoms with Gasteiger partial charge in [0.05, 0.1) is 5.02 Å². The van der Waals surface area contributed by atoms with Gasteiger partial charge in [-0.2, -0.15) is 0 Å². The zero-order chi connectivity index (χ0) is 15.0. The van der Waals surface area contributed by atoms with Crippen molar-refractivity contribution in [1.29, 1.82) is 0 Å². The first kappa shape index (κ1) is 14.6. The van der Waals surface area contributed by atoms with Crippen LogP contribution in [0.25, 0.3) is 11.0 Å². The van der Waals surface area contributed by atoms with E-state index in [1.165, 1.54) is 12.1 Å². The van der Waals surface area contributed by atoms with Gasteiger partial charge in [0.25, 0.3) is 0 Å². The molecule has 1 unspecified atom stereocenters. The molecule has 0 saturated heterocycles. The number of hydrogen-bond donors (Lipinski definition) is 1. The Kier molecular flexibility index (Phi) is 4.02. The first-order valence-electron chi connectivity index (χ1n) is 6.76. The minimum atomic E-state index is -0.264. The monoisotopic (exact) mass is 323 g/mol. The van der Waals surface area contributed by atoms with Gasteiger partial charge < -0.3 is 9.73 Å². The fraction of sp³-hybridized carbons (Fsp3) is 0.250. The Bertz CT molecular complexity index is 780. The standard InChI is InChI=1S/C16H15ClFNOS/c1-3-19-15(16-14(17)9(2)8-21-16)13-7-10-6-11(18)4-5-12(10)20-13/h4-8,15,19H,3H2,1-2H3. The van der Waals surface area contributed by atoms with Gasteiger partial charge in [0.15, 0.2) is 0 Å². The zero-order valence-corrected chi connectivity index (χ0v) is 13.3. The minimum Gasteiger partial charge on any atom is -0.459 e. The van der Waals surface area contributed by atoms with Crippen LogP contribution in [0, 0.1) is 12.7 Å². The summed E-state index contributed by atoms with van der Waals surface area (Å²) in [6.07, 6.45) is 0. The van der Waals surface area contributed by atoms with Gasteiger partial charge in [0.1, 0.15) is 23.2 Å². The lowest BCUT2D eigenvalue weighted by molar-refractivity contribution is 0.481. The van der Waals surface area contributed by atoms with Gasteiger partial charge in [-0.1, -0.05) is 18.5 Å². The number of thiophene rings is 1. The number of aryl methyl sites for hydroxylation is 1. The highest BCUT2D eigenvalue weighted by Crippen LogP contribution is 2.37. The molecule has 0 bridgehead atoms. The van der Waals surface area contributed by atoms with Gasteiger partial charge in [-0.15, -0.1) is 11.3 Å². The molecule has 2 aromatic heterocycles. The maximum atomic E-state index is 13.3. The number of fused-ring (bicyclic) bond motifs is 1. The Balaban J connectivity index is 2.08. The van der Waals surface area contributed by atoms with Gasteiger partial charge in [0, 0.05) is 10.3 Å². The number of rotatable bonds is 4. The summed E-state index contributed by atoms with van der Waals surface area (Å²) in [6.45, 7) is 4.80. The summed E-state index contributed by atoms with van der Waals surface area (Å²) in [5, 5.41) is 6.94. The molecular formula is C16H15ClFNOS. The van der Waals surface area contributed by atoms with Gasteiger partial charge in [0.2, 0.25) is 0 Å². The summed E-state index contributed by atoms with van der Waals surface area (Å²) >= 11 is 7.99. The van der Waals surface area contributed by atoms with Crippen molar-refractivity contribution in [1.82, 2.24) is 5.32 Å². The molecule has 110 valence electrons. The molecular weight excluding hydrogens is 309 g/mol. The van der Waals surface area contributed by atoms with Crippen LogP contribution in [0.3, 0.4) is 0 Å². The Morgan fingerprint density at radius 2 is 2.19 bits per heavy atom. The summed E-state index contributed by atoms with van der Waals surface area (Å²) in [7, 11) is 0. The van der Waals surface area contributed by atoms with E-state index in [4.69, 9.17) is 16.0 Å². The van der Waals surface area contributed by atoms with Gasteiger partial charge in [-0.05, 0) is 48.7 Å². The van der Waals surface area contributed by atoms with E-state index in [1.54, 1.807) is 17.4 Å². The summed E-state index contributed by atoms with van der Waals surface area (Å²) in [5.74, 6) is 0.487. The van der Waals surface area contributed by atoms with Crippen molar-refractivity contribution in [2.75, 3.05) is 6.54 Å². The second-order valence-electron chi connectivity index (χ2n) is 4.92. The maximum Gasteiger partial charge on any atom is 0.134 e. The average molecular weight is 324 g/mol. The molecule has 0 spiro atoms. The van der Waals surface area contributed by atoms with Crippen molar-refractivity contribution in [3.05, 3.63) is 56.7 Å². The Morgan fingerprint density at radius 1 is 1.38 bits per heavy atom. The Morgan fingerprint density at radius 3 is 2.86 bits per heavy atom. The number of benzene rings is 1. The molecule has 0 aliphatic carbocycles. The van der Waals surface area contributed by atoms with Crippen molar-refractivity contribution in [3.63, 3.8) is 0 Å². The fourth-order valence-electron chi connectivity index (χ4n) is 2.35. The number of hydrogen-bond acceptors (Lipinski definition) is 3. The van der Waals surface area contributed by atoms with Gasteiger partial charge >= 0.3 is 0 Å². The van der Waals surface area contributed by atoms with Gasteiger partial charge in [-0.25, -0.2) is 4.39 Å². The van der Waals surface area contributed by atoms with E-state index < -0.39 is 0 Å². The smallest absolute Gasteiger partial charge is 0.134 e. The second-order valence-corrected chi connectivity index (χ2v) is 6.21. The lowest BCUT2D eigenvalue weighted by Gasteiger charge is -2.14. The van der Waals surface area contributed by atoms with E-state index in [1.807, 2.05) is 25.3 Å². The predicted molar refractivity (Wildman–Crippen MR) is 85.8 cm³/mol. The Hall–Kier alpha value is -1.36. The summed E-state index contributed by atoms with van der Waals surface area (Å²) in [6, 6.07) is 6.29. The summed E-state index contributed by atoms with van der Waals surface area (Å²) < 4.78 is 19.2. The lowest BCUT2D eigenvalue weighted by Crippen LogP contribution is -2.20. The molecule has 0 fully saturated rings. The third-order valence-corrected chi connectivity index (χ3v) is 5.16. The molecule has 0 aliphatic heterocycles. The van der Waals surface area contributed by atoms with Crippen LogP contribution >= 0.6 is 22.9 Å². The van der Waals surface area contributed by atoms with Crippen LogP contribution in [0.5, 0.6) is 0 Å². The topological polar surface area (TPSA) is 25.2 Å². The molecule has 2 heterocycles. The minimum absolute atomic E-state index is 0.114. The molecule has 2 nitrogen and oxygen atoms in total. The van der Waals surface area contributed by atoms with Crippen LogP contribution in [0.4, 0.5) is 4.39 Å². The summed E-state index contributed by atoms with van der Waals surface area (Å²) in [4.78, 5) is 1.02. The van der Waals surface area contributed by atoms with E-state index in [0.29, 0.717) is 5.58 Å². The quantitative estimate of drug-likeness (QED) is 0.705. The highest BCUT2D eigenvalue weighted by molar-refractivity contribution is 7.10. The number of halogens is 2. The number of furan rings is 1. The third-order valence-electron chi connectivity index (χ3n) is 3.38. The summed E-state index contributed by atoms with van der Waals surface area (Å²) in [5.41, 5.74) is 1.74. The van der Waals surface area contributed by atoms with E-state index in [2.05, 4.69) is 5.32 Å². The average Bonchev–Trinajstić information content (AvgIpc) is 3.01. The molecule has 0 aliphatic rings. The van der Waals surface area contributed by atoms with E-state index >= 15 is 0 Å². The molecule has 1 atom stereocenters. The molecule has 0 saturated carbocycles. The molecule has 1 aromatic carbocycles. The number of nitrogens with one attached hydrogen (secondary N) is 1. The van der Waals surface area contributed by atoms with Crippen LogP contribution in [-0.4, -0.2) is 6.54 Å². The molecule has 5 heteroatoms. The Labute approximate surface area is 131 Å². The third kappa shape index (κ3) is 2.71. The highest BCUT2D eigenvalue weighted by atomic mass is 35.5. The fourth-order valence-corrected chi connectivity index (χ4v) is 3.73. The van der Waals surface area contributed by atoms with Crippen LogP contribution < -0.4 is 5.32 Å². The zero-order valence-electron chi connectivity index (χ0n) is 11.7. The second kappa shape index (κ2) is 5.79. The van der Waals surface area contributed by atoms with E-state index in [-0.39, 0.29) is 11.9 Å². The lowest BCUT2D eigenvalue weighted by atomic mass is 10.1. The van der Waals surface area contributed by atoms with Crippen molar-refractivity contribution in [3.8, 4) is 0 Å². The molecule has 3 aromatic rings. The molecule has 0 amide bonds. The van der Waals surface area contributed by atoms with Crippen LogP contribution in [0.2, 0.25) is 5.02 Å². The SMILES string of the molecule is CCNC(c1cc2cc(F)ccc2o1)c1scc(C)c1Cl. The molecule has 3 rings (SSSR count). The molecule has 1 N–H and O–H groups in total. The largest absolute Gasteiger partial charge is 0.459 e. The van der Waals surface area contributed by atoms with Crippen LogP contribution in [0.1, 0.15) is 29.2 Å². The van der Waals surface area contributed by atoms with Crippen molar-refractivity contribution in [2.45, 2.75) is 19.9 Å². The van der Waals surface area contributed by atoms with Crippen molar-refractivity contribution in [2.24, 2.45) is 0 Å². The van der Waals surface area contributed by atoms with Crippen molar-refractivity contribution >= 4 is 33.9 Å². The van der Waals surface area contributed by atoms with E-state index in [0.717, 1.165) is 33.2 Å². The first-order valence-corrected chi connectivity index (χ1v) is 8.01. The van der Waals surface area contributed by atoms with Crippen molar-refractivity contribution < 1.29 is 8.81 Å². The van der Waals surface area contributed by atoms with Crippen LogP contribution in [-0.2, 0) is 0 Å². The first-order chi connectivity index (χ1) is 10.1. The van der Waals surface area contributed by atoms with Gasteiger partial charge in [-0.3, -0.25) is 0 Å². The maximum absolute atomic E-state index is 13.3. The van der Waals surface area contributed by atoms with Crippen LogP contribution in [0.15, 0.2) is 34.1 Å². The molecule has 0 radical (unpaired) electrons. The normalized spacial score (nSPS) is 13.0. The van der Waals surface area contributed by atoms with E-state index in [9.17, 15) is 4.39 Å². The highest BCUT2D eigenvalue weighted by Gasteiger charge is 2.22.